The average Bonchev–Trinajstić information content (AvgIpc) is 2.67. The first-order valence-electron chi connectivity index (χ1n) is 8.60. The van der Waals surface area contributed by atoms with E-state index in [1.54, 1.807) is 6.20 Å². The number of aromatic hydroxyl groups is 1. The van der Waals surface area contributed by atoms with E-state index < -0.39 is 0 Å². The summed E-state index contributed by atoms with van der Waals surface area (Å²) in [6, 6.07) is 12.4. The Hall–Kier alpha value is -2.18. The van der Waals surface area contributed by atoms with Gasteiger partial charge in [-0.1, -0.05) is 22.0 Å². The van der Waals surface area contributed by atoms with Gasteiger partial charge in [-0.25, -0.2) is 4.39 Å². The van der Waals surface area contributed by atoms with Crippen molar-refractivity contribution in [2.24, 2.45) is 0 Å². The Bertz CT molecular complexity index is 924. The van der Waals surface area contributed by atoms with Crippen molar-refractivity contribution in [3.8, 4) is 5.75 Å². The third-order valence-electron chi connectivity index (χ3n) is 4.85. The van der Waals surface area contributed by atoms with Crippen molar-refractivity contribution in [3.05, 3.63) is 64.5 Å². The number of halogens is 2. The van der Waals surface area contributed by atoms with Gasteiger partial charge in [0.2, 0.25) is 0 Å². The fourth-order valence-corrected chi connectivity index (χ4v) is 4.01. The van der Waals surface area contributed by atoms with Crippen LogP contribution < -0.4 is 4.90 Å². The van der Waals surface area contributed by atoms with Crippen LogP contribution in [-0.4, -0.2) is 41.2 Å². The van der Waals surface area contributed by atoms with Crippen molar-refractivity contribution in [1.29, 1.82) is 0 Å². The Morgan fingerprint density at radius 3 is 2.54 bits per heavy atom. The van der Waals surface area contributed by atoms with Crippen LogP contribution in [0.4, 0.5) is 10.1 Å². The average molecular weight is 416 g/mol. The van der Waals surface area contributed by atoms with E-state index in [2.05, 4.69) is 30.7 Å². The van der Waals surface area contributed by atoms with Crippen LogP contribution in [0.5, 0.6) is 5.75 Å². The van der Waals surface area contributed by atoms with Gasteiger partial charge in [0.25, 0.3) is 0 Å². The summed E-state index contributed by atoms with van der Waals surface area (Å²) in [6.45, 7) is 4.19. The molecule has 0 unspecified atom stereocenters. The molecule has 0 bridgehead atoms. The van der Waals surface area contributed by atoms with Crippen LogP contribution in [-0.2, 0) is 6.54 Å². The maximum atomic E-state index is 13.1. The standard InChI is InChI=1S/C20H19BrFN3O/c21-18-12-14(20(26)19-17(18)2-1-7-23-19)13-24-8-10-25(11-9-24)16-5-3-15(22)4-6-16/h1-7,12,26H,8-11,13H2. The van der Waals surface area contributed by atoms with Crippen LogP contribution in [0.3, 0.4) is 0 Å². The molecule has 6 heteroatoms. The largest absolute Gasteiger partial charge is 0.505 e. The molecule has 2 heterocycles. The number of anilines is 1. The fourth-order valence-electron chi connectivity index (χ4n) is 3.42. The van der Waals surface area contributed by atoms with E-state index in [1.807, 2.05) is 30.3 Å². The number of phenolic OH excluding ortho intramolecular Hbond substituents is 1. The summed E-state index contributed by atoms with van der Waals surface area (Å²) in [4.78, 5) is 8.89. The molecular weight excluding hydrogens is 397 g/mol. The quantitative estimate of drug-likeness (QED) is 0.696. The van der Waals surface area contributed by atoms with E-state index in [4.69, 9.17) is 0 Å². The summed E-state index contributed by atoms with van der Waals surface area (Å²) in [7, 11) is 0. The number of hydrogen-bond donors (Lipinski definition) is 1. The van der Waals surface area contributed by atoms with Crippen molar-refractivity contribution < 1.29 is 9.50 Å². The van der Waals surface area contributed by atoms with Crippen LogP contribution in [0.25, 0.3) is 10.9 Å². The van der Waals surface area contributed by atoms with Crippen molar-refractivity contribution in [3.63, 3.8) is 0 Å². The molecule has 2 aromatic carbocycles. The summed E-state index contributed by atoms with van der Waals surface area (Å²) in [5.74, 6) is 0.0446. The van der Waals surface area contributed by atoms with Gasteiger partial charge in [-0.05, 0) is 36.4 Å². The number of nitrogens with zero attached hydrogens (tertiary/aromatic N) is 3. The number of piperazine rings is 1. The minimum Gasteiger partial charge on any atom is -0.505 e. The highest BCUT2D eigenvalue weighted by Gasteiger charge is 2.20. The molecule has 134 valence electrons. The summed E-state index contributed by atoms with van der Waals surface area (Å²) in [5, 5.41) is 11.5. The Kier molecular flexibility index (Phi) is 4.78. The minimum absolute atomic E-state index is 0.210. The summed E-state index contributed by atoms with van der Waals surface area (Å²) in [6.07, 6.45) is 1.69. The normalized spacial score (nSPS) is 15.5. The van der Waals surface area contributed by atoms with E-state index in [0.29, 0.717) is 12.1 Å². The van der Waals surface area contributed by atoms with Crippen LogP contribution in [0.15, 0.2) is 53.1 Å². The second kappa shape index (κ2) is 7.21. The van der Waals surface area contributed by atoms with Gasteiger partial charge in [0.1, 0.15) is 17.1 Å². The second-order valence-electron chi connectivity index (χ2n) is 6.51. The highest BCUT2D eigenvalue weighted by molar-refractivity contribution is 9.10. The first-order valence-corrected chi connectivity index (χ1v) is 9.39. The molecule has 0 amide bonds. The lowest BCUT2D eigenvalue weighted by molar-refractivity contribution is 0.247. The lowest BCUT2D eigenvalue weighted by Gasteiger charge is -2.36. The van der Waals surface area contributed by atoms with Crippen LogP contribution in [0.1, 0.15) is 5.56 Å². The van der Waals surface area contributed by atoms with E-state index >= 15 is 0 Å². The number of rotatable bonds is 3. The molecule has 4 nitrogen and oxygen atoms in total. The molecule has 0 spiro atoms. The molecule has 0 radical (unpaired) electrons. The maximum absolute atomic E-state index is 13.1. The molecule has 0 atom stereocenters. The summed E-state index contributed by atoms with van der Waals surface area (Å²) in [5.41, 5.74) is 2.55. The third-order valence-corrected chi connectivity index (χ3v) is 5.51. The van der Waals surface area contributed by atoms with Gasteiger partial charge in [-0.2, -0.15) is 0 Å². The van der Waals surface area contributed by atoms with Crippen LogP contribution in [0.2, 0.25) is 0 Å². The number of aromatic nitrogens is 1. The van der Waals surface area contributed by atoms with Crippen molar-refractivity contribution in [2.75, 3.05) is 31.1 Å². The number of pyridine rings is 1. The number of fused-ring (bicyclic) bond motifs is 1. The Morgan fingerprint density at radius 2 is 1.81 bits per heavy atom. The lowest BCUT2D eigenvalue weighted by atomic mass is 10.1. The summed E-state index contributed by atoms with van der Waals surface area (Å²) < 4.78 is 14.0. The predicted molar refractivity (Wildman–Crippen MR) is 105 cm³/mol. The number of benzene rings is 2. The Balaban J connectivity index is 1.47. The molecule has 1 fully saturated rings. The molecule has 26 heavy (non-hydrogen) atoms. The zero-order valence-electron chi connectivity index (χ0n) is 14.2. The van der Waals surface area contributed by atoms with E-state index in [1.165, 1.54) is 12.1 Å². The Morgan fingerprint density at radius 1 is 1.08 bits per heavy atom. The molecular formula is C20H19BrFN3O. The van der Waals surface area contributed by atoms with Gasteiger partial charge in [-0.15, -0.1) is 0 Å². The molecule has 1 N–H and O–H groups in total. The minimum atomic E-state index is -0.210. The molecule has 3 aromatic rings. The molecule has 1 aromatic heterocycles. The summed E-state index contributed by atoms with van der Waals surface area (Å²) >= 11 is 3.58. The highest BCUT2D eigenvalue weighted by Crippen LogP contribution is 2.34. The van der Waals surface area contributed by atoms with Gasteiger partial charge in [0.15, 0.2) is 0 Å². The smallest absolute Gasteiger partial charge is 0.146 e. The molecule has 0 saturated carbocycles. The van der Waals surface area contributed by atoms with Crippen LogP contribution in [0, 0.1) is 5.82 Å². The SMILES string of the molecule is Oc1c(CN2CCN(c3ccc(F)cc3)CC2)cc(Br)c2cccnc12. The predicted octanol–water partition coefficient (Wildman–Crippen LogP) is 4.16. The van der Waals surface area contributed by atoms with Crippen molar-refractivity contribution in [2.45, 2.75) is 6.54 Å². The Labute approximate surface area is 160 Å². The first-order chi connectivity index (χ1) is 12.6. The molecule has 0 aliphatic carbocycles. The van der Waals surface area contributed by atoms with E-state index in [9.17, 15) is 9.50 Å². The van der Waals surface area contributed by atoms with E-state index in [-0.39, 0.29) is 11.6 Å². The van der Waals surface area contributed by atoms with Crippen molar-refractivity contribution in [1.82, 2.24) is 9.88 Å². The zero-order valence-corrected chi connectivity index (χ0v) is 15.8. The third kappa shape index (κ3) is 3.39. The van der Waals surface area contributed by atoms with Crippen molar-refractivity contribution >= 4 is 32.5 Å². The number of hydrogen-bond acceptors (Lipinski definition) is 4. The van der Waals surface area contributed by atoms with Crippen LogP contribution >= 0.6 is 15.9 Å². The van der Waals surface area contributed by atoms with Gasteiger partial charge in [0.05, 0.1) is 0 Å². The molecule has 4 rings (SSSR count). The molecule has 1 aliphatic heterocycles. The highest BCUT2D eigenvalue weighted by atomic mass is 79.9. The van der Waals surface area contributed by atoms with Gasteiger partial charge >= 0.3 is 0 Å². The second-order valence-corrected chi connectivity index (χ2v) is 7.36. The molecule has 1 aliphatic rings. The first kappa shape index (κ1) is 17.2. The van der Waals surface area contributed by atoms with Gasteiger partial charge in [-0.3, -0.25) is 9.88 Å². The molecule has 1 saturated heterocycles. The number of phenols is 1. The fraction of sp³-hybridized carbons (Fsp3) is 0.250. The van der Waals surface area contributed by atoms with E-state index in [0.717, 1.165) is 47.3 Å². The maximum Gasteiger partial charge on any atom is 0.146 e. The zero-order chi connectivity index (χ0) is 18.1. The topological polar surface area (TPSA) is 39.6 Å². The monoisotopic (exact) mass is 415 g/mol. The lowest BCUT2D eigenvalue weighted by Crippen LogP contribution is -2.45. The van der Waals surface area contributed by atoms with Gasteiger partial charge < -0.3 is 10.0 Å². The van der Waals surface area contributed by atoms with Gasteiger partial charge in [0, 0.05) is 60.0 Å².